The van der Waals surface area contributed by atoms with Crippen LogP contribution in [0.5, 0.6) is 0 Å². The van der Waals surface area contributed by atoms with E-state index in [1.165, 1.54) is 12.0 Å². The summed E-state index contributed by atoms with van der Waals surface area (Å²) >= 11 is 0. The van der Waals surface area contributed by atoms with E-state index in [4.69, 9.17) is 9.68 Å². The van der Waals surface area contributed by atoms with Crippen molar-refractivity contribution in [3.8, 4) is 0 Å². The van der Waals surface area contributed by atoms with Crippen LogP contribution in [0.25, 0.3) is 0 Å². The molecule has 80 valence electrons. The summed E-state index contributed by atoms with van der Waals surface area (Å²) in [5, 5.41) is 1.71. The van der Waals surface area contributed by atoms with Gasteiger partial charge in [-0.1, -0.05) is 35.6 Å². The van der Waals surface area contributed by atoms with Crippen molar-refractivity contribution in [1.29, 1.82) is 0 Å². The number of rotatable bonds is 1. The van der Waals surface area contributed by atoms with Gasteiger partial charge in [0.1, 0.15) is 0 Å². The number of hydroxylamine groups is 2. The Hall–Kier alpha value is -0.900. The maximum atomic E-state index is 5.54. The molecule has 15 heavy (non-hydrogen) atoms. The van der Waals surface area contributed by atoms with Crippen molar-refractivity contribution in [3.05, 3.63) is 35.9 Å². The van der Waals surface area contributed by atoms with Gasteiger partial charge in [0.15, 0.2) is 0 Å². The van der Waals surface area contributed by atoms with Gasteiger partial charge in [0.25, 0.3) is 0 Å². The summed E-state index contributed by atoms with van der Waals surface area (Å²) in [6.45, 7) is 1.53. The fourth-order valence-corrected chi connectivity index (χ4v) is 2.41. The Morgan fingerprint density at radius 3 is 2.87 bits per heavy atom. The Morgan fingerprint density at radius 1 is 1.13 bits per heavy atom. The van der Waals surface area contributed by atoms with Gasteiger partial charge in [-0.05, 0) is 18.4 Å². The van der Waals surface area contributed by atoms with E-state index >= 15 is 0 Å². The minimum atomic E-state index is 0.404. The van der Waals surface area contributed by atoms with Crippen LogP contribution in [0.15, 0.2) is 30.3 Å². The third-order valence-corrected chi connectivity index (χ3v) is 3.21. The molecule has 0 amide bonds. The van der Waals surface area contributed by atoms with Crippen molar-refractivity contribution < 1.29 is 9.68 Å². The molecule has 0 aromatic heterocycles. The number of nitrogens with zero attached hydrogens (tertiary/aromatic N) is 1. The van der Waals surface area contributed by atoms with Crippen molar-refractivity contribution in [2.75, 3.05) is 13.2 Å². The predicted octanol–water partition coefficient (Wildman–Crippen LogP) is 2.11. The summed E-state index contributed by atoms with van der Waals surface area (Å²) in [5.74, 6) is 0.464. The van der Waals surface area contributed by atoms with Crippen LogP contribution in [0.2, 0.25) is 0 Å². The normalized spacial score (nSPS) is 31.5. The molecule has 3 rings (SSSR count). The zero-order valence-electron chi connectivity index (χ0n) is 8.63. The van der Waals surface area contributed by atoms with Crippen molar-refractivity contribution >= 4 is 0 Å². The second-order valence-corrected chi connectivity index (χ2v) is 4.14. The third kappa shape index (κ3) is 1.67. The van der Waals surface area contributed by atoms with E-state index in [1.807, 2.05) is 0 Å². The molecular weight excluding hydrogens is 190 g/mol. The first-order valence-corrected chi connectivity index (χ1v) is 5.55. The standard InChI is InChI=1S/C12H15NO2/c1-2-5-10(6-3-1)11-9-15-13-12(11)7-4-8-14-13/h1-3,5-6,11-12H,4,7-9H2/t11-,12+/m0/s1. The maximum Gasteiger partial charge on any atom is 0.0797 e. The average molecular weight is 205 g/mol. The molecule has 0 spiro atoms. The summed E-state index contributed by atoms with van der Waals surface area (Å²) in [7, 11) is 0. The molecule has 0 bridgehead atoms. The van der Waals surface area contributed by atoms with Gasteiger partial charge in [-0.25, -0.2) is 0 Å². The molecule has 2 heterocycles. The highest BCUT2D eigenvalue weighted by atomic mass is 17.0. The summed E-state index contributed by atoms with van der Waals surface area (Å²) < 4.78 is 0. The Bertz CT molecular complexity index is 328. The zero-order valence-corrected chi connectivity index (χ0v) is 8.63. The minimum Gasteiger partial charge on any atom is -0.274 e. The van der Waals surface area contributed by atoms with Crippen LogP contribution in [0, 0.1) is 0 Å². The molecule has 2 saturated heterocycles. The molecule has 3 nitrogen and oxygen atoms in total. The molecule has 0 radical (unpaired) electrons. The van der Waals surface area contributed by atoms with Gasteiger partial charge in [0.2, 0.25) is 0 Å². The lowest BCUT2D eigenvalue weighted by atomic mass is 9.90. The lowest BCUT2D eigenvalue weighted by molar-refractivity contribution is -0.370. The van der Waals surface area contributed by atoms with Crippen LogP contribution in [0.4, 0.5) is 0 Å². The number of benzene rings is 1. The second-order valence-electron chi connectivity index (χ2n) is 4.14. The average Bonchev–Trinajstić information content (AvgIpc) is 2.74. The van der Waals surface area contributed by atoms with Gasteiger partial charge >= 0.3 is 0 Å². The highest BCUT2D eigenvalue weighted by Crippen LogP contribution is 2.35. The highest BCUT2D eigenvalue weighted by Gasteiger charge is 2.39. The largest absolute Gasteiger partial charge is 0.274 e. The van der Waals surface area contributed by atoms with Crippen molar-refractivity contribution in [1.82, 2.24) is 5.23 Å². The fourth-order valence-electron chi connectivity index (χ4n) is 2.41. The molecular formula is C12H15NO2. The van der Waals surface area contributed by atoms with Gasteiger partial charge in [0, 0.05) is 5.92 Å². The van der Waals surface area contributed by atoms with E-state index in [0.717, 1.165) is 19.6 Å². The smallest absolute Gasteiger partial charge is 0.0797 e. The predicted molar refractivity (Wildman–Crippen MR) is 55.9 cm³/mol. The van der Waals surface area contributed by atoms with Crippen LogP contribution in [0.3, 0.4) is 0 Å². The molecule has 0 aliphatic carbocycles. The molecule has 2 fully saturated rings. The highest BCUT2D eigenvalue weighted by molar-refractivity contribution is 5.22. The summed E-state index contributed by atoms with van der Waals surface area (Å²) in [4.78, 5) is 11.0. The van der Waals surface area contributed by atoms with Crippen LogP contribution in [-0.2, 0) is 9.68 Å². The van der Waals surface area contributed by atoms with Crippen LogP contribution < -0.4 is 0 Å². The third-order valence-electron chi connectivity index (χ3n) is 3.21. The Kier molecular flexibility index (Phi) is 2.44. The van der Waals surface area contributed by atoms with Gasteiger partial charge < -0.3 is 0 Å². The van der Waals surface area contributed by atoms with E-state index in [0.29, 0.717) is 12.0 Å². The van der Waals surface area contributed by atoms with E-state index in [-0.39, 0.29) is 0 Å². The Morgan fingerprint density at radius 2 is 2.00 bits per heavy atom. The maximum absolute atomic E-state index is 5.54. The quantitative estimate of drug-likeness (QED) is 0.701. The monoisotopic (exact) mass is 205 g/mol. The minimum absolute atomic E-state index is 0.404. The first kappa shape index (κ1) is 9.33. The molecule has 0 unspecified atom stereocenters. The van der Waals surface area contributed by atoms with Gasteiger partial charge in [0.05, 0.1) is 19.3 Å². The summed E-state index contributed by atoms with van der Waals surface area (Å²) in [5.41, 5.74) is 1.36. The molecule has 1 aromatic rings. The Balaban J connectivity index is 1.82. The molecule has 2 aliphatic heterocycles. The van der Waals surface area contributed by atoms with Crippen molar-refractivity contribution in [2.24, 2.45) is 0 Å². The van der Waals surface area contributed by atoms with Gasteiger partial charge in [-0.2, -0.15) is 0 Å². The van der Waals surface area contributed by atoms with E-state index in [1.54, 1.807) is 5.23 Å². The number of hydrogen-bond acceptors (Lipinski definition) is 3. The van der Waals surface area contributed by atoms with Crippen LogP contribution >= 0.6 is 0 Å². The molecule has 1 aromatic carbocycles. The van der Waals surface area contributed by atoms with Crippen molar-refractivity contribution in [2.45, 2.75) is 24.8 Å². The Labute approximate surface area is 89.5 Å². The second kappa shape index (κ2) is 3.93. The lowest BCUT2D eigenvalue weighted by Crippen LogP contribution is -2.35. The van der Waals surface area contributed by atoms with E-state index in [9.17, 15) is 0 Å². The fraction of sp³-hybridized carbons (Fsp3) is 0.500. The van der Waals surface area contributed by atoms with Gasteiger partial charge in [-0.15, -0.1) is 0 Å². The van der Waals surface area contributed by atoms with Crippen LogP contribution in [-0.4, -0.2) is 24.5 Å². The van der Waals surface area contributed by atoms with Crippen molar-refractivity contribution in [3.63, 3.8) is 0 Å². The first-order chi connectivity index (χ1) is 7.45. The molecule has 2 aliphatic rings. The van der Waals surface area contributed by atoms with E-state index < -0.39 is 0 Å². The summed E-state index contributed by atoms with van der Waals surface area (Å²) in [6.07, 6.45) is 2.30. The molecule has 0 saturated carbocycles. The number of fused-ring (bicyclic) bond motifs is 1. The number of hydrogen-bond donors (Lipinski definition) is 0. The lowest BCUT2D eigenvalue weighted by Gasteiger charge is -2.28. The molecule has 2 atom stereocenters. The van der Waals surface area contributed by atoms with Crippen LogP contribution in [0.1, 0.15) is 24.3 Å². The van der Waals surface area contributed by atoms with E-state index in [2.05, 4.69) is 30.3 Å². The zero-order chi connectivity index (χ0) is 10.1. The first-order valence-electron chi connectivity index (χ1n) is 5.55. The topological polar surface area (TPSA) is 21.7 Å². The summed E-state index contributed by atoms with van der Waals surface area (Å²) in [6, 6.07) is 11.0. The molecule has 0 N–H and O–H groups in total. The molecule has 3 heteroatoms. The van der Waals surface area contributed by atoms with Gasteiger partial charge in [-0.3, -0.25) is 9.68 Å². The SMILES string of the molecule is c1ccc([C@@H]2CON3OCCC[C@H]23)cc1.